The Labute approximate surface area is 120 Å². The van der Waals surface area contributed by atoms with Crippen molar-refractivity contribution < 1.29 is 4.79 Å². The molecule has 0 saturated carbocycles. The van der Waals surface area contributed by atoms with Gasteiger partial charge in [0.25, 0.3) is 0 Å². The van der Waals surface area contributed by atoms with Crippen LogP contribution >= 0.6 is 0 Å². The minimum Gasteiger partial charge on any atom is -0.370 e. The fourth-order valence-corrected chi connectivity index (χ4v) is 1.88. The lowest BCUT2D eigenvalue weighted by Gasteiger charge is -2.14. The van der Waals surface area contributed by atoms with Gasteiger partial charge >= 0.3 is 0 Å². The van der Waals surface area contributed by atoms with Gasteiger partial charge in [-0.1, -0.05) is 13.8 Å². The molecule has 3 N–H and O–H groups in total. The van der Waals surface area contributed by atoms with E-state index in [0.29, 0.717) is 19.5 Å². The molecule has 0 unspecified atom stereocenters. The maximum atomic E-state index is 11.4. The number of aromatic nitrogens is 2. The molecule has 6 heteroatoms. The molecule has 0 spiro atoms. The molecule has 0 aliphatic carbocycles. The van der Waals surface area contributed by atoms with Crippen LogP contribution in [0.4, 0.5) is 11.6 Å². The minimum atomic E-state index is 0.0523. The average Bonchev–Trinajstić information content (AvgIpc) is 2.45. The fraction of sp³-hybridized carbons (Fsp3) is 0.643. The first-order valence-corrected chi connectivity index (χ1v) is 7.31. The Balaban J connectivity index is 2.62. The summed E-state index contributed by atoms with van der Waals surface area (Å²) >= 11 is 0. The lowest BCUT2D eigenvalue weighted by molar-refractivity contribution is -0.120. The molecule has 1 rings (SSSR count). The second-order valence-electron chi connectivity index (χ2n) is 4.46. The van der Waals surface area contributed by atoms with Crippen LogP contribution in [0.3, 0.4) is 0 Å². The van der Waals surface area contributed by atoms with E-state index in [0.717, 1.165) is 36.6 Å². The van der Waals surface area contributed by atoms with Gasteiger partial charge in [0.2, 0.25) is 5.91 Å². The maximum absolute atomic E-state index is 11.4. The Kier molecular flexibility index (Phi) is 7.39. The van der Waals surface area contributed by atoms with Crippen molar-refractivity contribution >= 4 is 17.5 Å². The van der Waals surface area contributed by atoms with Gasteiger partial charge in [-0.15, -0.1) is 0 Å². The summed E-state index contributed by atoms with van der Waals surface area (Å²) < 4.78 is 0. The van der Waals surface area contributed by atoms with Gasteiger partial charge < -0.3 is 16.0 Å². The molecule has 0 saturated heterocycles. The second kappa shape index (κ2) is 9.12. The van der Waals surface area contributed by atoms with Crippen LogP contribution in [0.1, 0.15) is 39.2 Å². The normalized spacial score (nSPS) is 10.2. The summed E-state index contributed by atoms with van der Waals surface area (Å²) in [6, 6.07) is 0. The summed E-state index contributed by atoms with van der Waals surface area (Å²) in [5.41, 5.74) is 1.07. The monoisotopic (exact) mass is 279 g/mol. The Morgan fingerprint density at radius 3 is 2.30 bits per heavy atom. The number of amides is 1. The standard InChI is InChI=1S/C14H25N5O/c1-4-8-16-13-11(5-2)14(19-10-18-13)17-9-7-12(20)15-6-3/h10H,4-9H2,1-3H3,(H,15,20)(H2,16,17,18,19). The van der Waals surface area contributed by atoms with E-state index >= 15 is 0 Å². The zero-order chi connectivity index (χ0) is 14.8. The van der Waals surface area contributed by atoms with Crippen molar-refractivity contribution in [3.63, 3.8) is 0 Å². The van der Waals surface area contributed by atoms with Crippen molar-refractivity contribution in [2.24, 2.45) is 0 Å². The van der Waals surface area contributed by atoms with E-state index in [1.165, 1.54) is 0 Å². The molecule has 0 fully saturated rings. The predicted molar refractivity (Wildman–Crippen MR) is 82.0 cm³/mol. The number of nitrogens with one attached hydrogen (secondary N) is 3. The average molecular weight is 279 g/mol. The Bertz CT molecular complexity index is 422. The first-order chi connectivity index (χ1) is 9.72. The maximum Gasteiger partial charge on any atom is 0.221 e. The van der Waals surface area contributed by atoms with Gasteiger partial charge in [0, 0.05) is 31.6 Å². The largest absolute Gasteiger partial charge is 0.370 e. The molecule has 20 heavy (non-hydrogen) atoms. The predicted octanol–water partition coefficient (Wildman–Crippen LogP) is 1.80. The van der Waals surface area contributed by atoms with Gasteiger partial charge in [0.05, 0.1) is 0 Å². The van der Waals surface area contributed by atoms with Crippen molar-refractivity contribution in [1.82, 2.24) is 15.3 Å². The molecule has 1 amide bonds. The molecule has 112 valence electrons. The fourth-order valence-electron chi connectivity index (χ4n) is 1.88. The van der Waals surface area contributed by atoms with Gasteiger partial charge in [0.1, 0.15) is 18.0 Å². The summed E-state index contributed by atoms with van der Waals surface area (Å²) in [6.45, 7) is 8.23. The van der Waals surface area contributed by atoms with Crippen molar-refractivity contribution in [1.29, 1.82) is 0 Å². The summed E-state index contributed by atoms with van der Waals surface area (Å²) in [7, 11) is 0. The summed E-state index contributed by atoms with van der Waals surface area (Å²) in [6.07, 6.45) is 3.88. The first kappa shape index (κ1) is 16.2. The lowest BCUT2D eigenvalue weighted by Crippen LogP contribution is -2.25. The number of hydrogen-bond acceptors (Lipinski definition) is 5. The van der Waals surface area contributed by atoms with Gasteiger partial charge in [-0.25, -0.2) is 9.97 Å². The van der Waals surface area contributed by atoms with E-state index in [2.05, 4.69) is 39.8 Å². The zero-order valence-electron chi connectivity index (χ0n) is 12.6. The highest BCUT2D eigenvalue weighted by molar-refractivity contribution is 5.76. The third-order valence-corrected chi connectivity index (χ3v) is 2.86. The van der Waals surface area contributed by atoms with Gasteiger partial charge in [-0.3, -0.25) is 4.79 Å². The number of carbonyl (C=O) groups is 1. The molecule has 0 aliphatic heterocycles. The molecule has 1 aromatic heterocycles. The summed E-state index contributed by atoms with van der Waals surface area (Å²) in [5.74, 6) is 1.74. The summed E-state index contributed by atoms with van der Waals surface area (Å²) in [5, 5.41) is 9.30. The number of carbonyl (C=O) groups excluding carboxylic acids is 1. The number of rotatable bonds is 9. The SMILES string of the molecule is CCCNc1ncnc(NCCC(=O)NCC)c1CC. The van der Waals surface area contributed by atoms with Gasteiger partial charge in [-0.2, -0.15) is 0 Å². The third kappa shape index (κ3) is 5.03. The van der Waals surface area contributed by atoms with E-state index in [-0.39, 0.29) is 5.91 Å². The van der Waals surface area contributed by atoms with Crippen LogP contribution in [-0.4, -0.2) is 35.5 Å². The van der Waals surface area contributed by atoms with Crippen molar-refractivity contribution in [2.45, 2.75) is 40.0 Å². The van der Waals surface area contributed by atoms with Crippen molar-refractivity contribution in [3.05, 3.63) is 11.9 Å². The summed E-state index contributed by atoms with van der Waals surface area (Å²) in [4.78, 5) is 19.9. The Morgan fingerprint density at radius 1 is 1.10 bits per heavy atom. The molecule has 6 nitrogen and oxygen atoms in total. The Hall–Kier alpha value is -1.85. The molecule has 1 heterocycles. The number of hydrogen-bond donors (Lipinski definition) is 3. The van der Waals surface area contributed by atoms with Crippen molar-refractivity contribution in [3.8, 4) is 0 Å². The topological polar surface area (TPSA) is 78.9 Å². The van der Waals surface area contributed by atoms with E-state index in [1.807, 2.05) is 6.92 Å². The van der Waals surface area contributed by atoms with Crippen molar-refractivity contribution in [2.75, 3.05) is 30.3 Å². The highest BCUT2D eigenvalue weighted by Gasteiger charge is 2.09. The second-order valence-corrected chi connectivity index (χ2v) is 4.46. The van der Waals surface area contributed by atoms with E-state index < -0.39 is 0 Å². The molecule has 0 aliphatic rings. The number of anilines is 2. The van der Waals surface area contributed by atoms with Crippen LogP contribution in [0.5, 0.6) is 0 Å². The Morgan fingerprint density at radius 2 is 1.75 bits per heavy atom. The van der Waals surface area contributed by atoms with E-state index in [4.69, 9.17) is 0 Å². The van der Waals surface area contributed by atoms with Crippen LogP contribution in [0.25, 0.3) is 0 Å². The van der Waals surface area contributed by atoms with E-state index in [9.17, 15) is 4.79 Å². The number of nitrogens with zero attached hydrogens (tertiary/aromatic N) is 2. The van der Waals surface area contributed by atoms with E-state index in [1.54, 1.807) is 6.33 Å². The first-order valence-electron chi connectivity index (χ1n) is 7.31. The third-order valence-electron chi connectivity index (χ3n) is 2.86. The highest BCUT2D eigenvalue weighted by Crippen LogP contribution is 2.20. The zero-order valence-corrected chi connectivity index (χ0v) is 12.6. The van der Waals surface area contributed by atoms with Crippen LogP contribution in [-0.2, 0) is 11.2 Å². The van der Waals surface area contributed by atoms with Crippen LogP contribution in [0, 0.1) is 0 Å². The quantitative estimate of drug-likeness (QED) is 0.642. The smallest absolute Gasteiger partial charge is 0.221 e. The van der Waals surface area contributed by atoms with Gasteiger partial charge in [-0.05, 0) is 19.8 Å². The van der Waals surface area contributed by atoms with Crippen LogP contribution < -0.4 is 16.0 Å². The minimum absolute atomic E-state index is 0.0523. The molecule has 0 bridgehead atoms. The van der Waals surface area contributed by atoms with Gasteiger partial charge in [0.15, 0.2) is 0 Å². The highest BCUT2D eigenvalue weighted by atomic mass is 16.1. The molecular formula is C14H25N5O. The molecule has 0 atom stereocenters. The molecule has 0 aromatic carbocycles. The van der Waals surface area contributed by atoms with Crippen LogP contribution in [0.2, 0.25) is 0 Å². The molecule has 1 aromatic rings. The lowest BCUT2D eigenvalue weighted by atomic mass is 10.2. The van der Waals surface area contributed by atoms with Crippen LogP contribution in [0.15, 0.2) is 6.33 Å². The molecule has 0 radical (unpaired) electrons. The molecular weight excluding hydrogens is 254 g/mol.